The Morgan fingerprint density at radius 1 is 1.03 bits per heavy atom. The standard InChI is InChI=1S/C24H26N2O3/c1-5-28-23-12-10-22(11-13-23)26-17(3)14-20(18(26)4)16-25-21-9-7-8-19(15-21)24(27)29-6-2/h7-16H,5-6H2,1-4H3. The summed E-state index contributed by atoms with van der Waals surface area (Å²) in [7, 11) is 0. The largest absolute Gasteiger partial charge is 0.494 e. The van der Waals surface area contributed by atoms with Gasteiger partial charge in [-0.25, -0.2) is 4.79 Å². The molecule has 1 heterocycles. The van der Waals surface area contributed by atoms with E-state index in [-0.39, 0.29) is 5.97 Å². The molecule has 0 bridgehead atoms. The van der Waals surface area contributed by atoms with Gasteiger partial charge in [-0.1, -0.05) is 6.07 Å². The Labute approximate surface area is 171 Å². The number of ether oxygens (including phenoxy) is 2. The number of aromatic nitrogens is 1. The first-order valence-corrected chi connectivity index (χ1v) is 9.77. The molecule has 0 unspecified atom stereocenters. The van der Waals surface area contributed by atoms with E-state index in [1.165, 1.54) is 0 Å². The smallest absolute Gasteiger partial charge is 0.338 e. The normalized spacial score (nSPS) is 11.0. The van der Waals surface area contributed by atoms with Gasteiger partial charge in [0.25, 0.3) is 0 Å². The van der Waals surface area contributed by atoms with E-state index >= 15 is 0 Å². The highest BCUT2D eigenvalue weighted by Gasteiger charge is 2.10. The van der Waals surface area contributed by atoms with Crippen molar-refractivity contribution in [3.63, 3.8) is 0 Å². The number of hydrogen-bond acceptors (Lipinski definition) is 4. The molecule has 0 N–H and O–H groups in total. The molecule has 0 saturated carbocycles. The van der Waals surface area contributed by atoms with E-state index in [1.54, 1.807) is 19.1 Å². The van der Waals surface area contributed by atoms with Crippen LogP contribution in [-0.4, -0.2) is 30.0 Å². The van der Waals surface area contributed by atoms with Gasteiger partial charge >= 0.3 is 5.97 Å². The molecule has 3 aromatic rings. The summed E-state index contributed by atoms with van der Waals surface area (Å²) in [5, 5.41) is 0. The van der Waals surface area contributed by atoms with E-state index in [9.17, 15) is 4.79 Å². The lowest BCUT2D eigenvalue weighted by atomic mass is 10.2. The molecule has 29 heavy (non-hydrogen) atoms. The minimum atomic E-state index is -0.335. The number of carbonyl (C=O) groups is 1. The highest BCUT2D eigenvalue weighted by Crippen LogP contribution is 2.23. The molecule has 0 aliphatic carbocycles. The zero-order chi connectivity index (χ0) is 20.8. The van der Waals surface area contributed by atoms with Gasteiger partial charge in [0.1, 0.15) is 5.75 Å². The minimum Gasteiger partial charge on any atom is -0.494 e. The van der Waals surface area contributed by atoms with E-state index in [2.05, 4.69) is 41.6 Å². The van der Waals surface area contributed by atoms with Crippen molar-refractivity contribution in [2.75, 3.05) is 13.2 Å². The summed E-state index contributed by atoms with van der Waals surface area (Å²) >= 11 is 0. The minimum absolute atomic E-state index is 0.335. The Hall–Kier alpha value is -3.34. The van der Waals surface area contributed by atoms with Gasteiger partial charge in [0.15, 0.2) is 0 Å². The fourth-order valence-electron chi connectivity index (χ4n) is 3.25. The van der Waals surface area contributed by atoms with Gasteiger partial charge in [-0.3, -0.25) is 4.99 Å². The third-order valence-electron chi connectivity index (χ3n) is 4.59. The van der Waals surface area contributed by atoms with Crippen molar-refractivity contribution in [2.45, 2.75) is 27.7 Å². The highest BCUT2D eigenvalue weighted by molar-refractivity contribution is 5.91. The van der Waals surface area contributed by atoms with Gasteiger partial charge < -0.3 is 14.0 Å². The van der Waals surface area contributed by atoms with E-state index in [0.29, 0.717) is 24.5 Å². The Balaban J connectivity index is 1.85. The molecule has 0 saturated heterocycles. The summed E-state index contributed by atoms with van der Waals surface area (Å²) in [5.74, 6) is 0.528. The highest BCUT2D eigenvalue weighted by atomic mass is 16.5. The first-order valence-electron chi connectivity index (χ1n) is 9.77. The van der Waals surface area contributed by atoms with Gasteiger partial charge in [-0.05, 0) is 76.2 Å². The second kappa shape index (κ2) is 9.24. The summed E-state index contributed by atoms with van der Waals surface area (Å²) in [5.41, 5.74) is 5.53. The van der Waals surface area contributed by atoms with Gasteiger partial charge in [0.2, 0.25) is 0 Å². The van der Waals surface area contributed by atoms with Crippen LogP contribution in [0.2, 0.25) is 0 Å². The third-order valence-corrected chi connectivity index (χ3v) is 4.59. The van der Waals surface area contributed by atoms with Crippen LogP contribution in [0.25, 0.3) is 5.69 Å². The molecule has 0 radical (unpaired) electrons. The quantitative estimate of drug-likeness (QED) is 0.400. The van der Waals surface area contributed by atoms with E-state index in [4.69, 9.17) is 9.47 Å². The lowest BCUT2D eigenvalue weighted by molar-refractivity contribution is 0.0526. The monoisotopic (exact) mass is 390 g/mol. The maximum Gasteiger partial charge on any atom is 0.338 e. The molecule has 2 aromatic carbocycles. The number of nitrogens with zero attached hydrogens (tertiary/aromatic N) is 2. The second-order valence-electron chi connectivity index (χ2n) is 6.62. The summed E-state index contributed by atoms with van der Waals surface area (Å²) < 4.78 is 12.8. The maximum absolute atomic E-state index is 11.9. The zero-order valence-electron chi connectivity index (χ0n) is 17.3. The van der Waals surface area contributed by atoms with Crippen LogP contribution in [0.1, 0.15) is 41.2 Å². The molecule has 0 aliphatic rings. The number of esters is 1. The second-order valence-corrected chi connectivity index (χ2v) is 6.62. The fraction of sp³-hybridized carbons (Fsp3) is 0.250. The number of benzene rings is 2. The van der Waals surface area contributed by atoms with Gasteiger partial charge in [-0.15, -0.1) is 0 Å². The summed E-state index contributed by atoms with van der Waals surface area (Å²) in [6.07, 6.45) is 1.83. The summed E-state index contributed by atoms with van der Waals surface area (Å²) in [4.78, 5) is 16.5. The molecule has 0 atom stereocenters. The number of hydrogen-bond donors (Lipinski definition) is 0. The maximum atomic E-state index is 11.9. The number of carbonyl (C=O) groups excluding carboxylic acids is 1. The van der Waals surface area contributed by atoms with Crippen molar-refractivity contribution in [1.82, 2.24) is 4.57 Å². The number of aliphatic imine (C=N–C) groups is 1. The summed E-state index contributed by atoms with van der Waals surface area (Å²) in [6, 6.07) is 17.3. The van der Waals surface area contributed by atoms with Gasteiger partial charge in [0.05, 0.1) is 24.5 Å². The Bertz CT molecular complexity index is 1020. The van der Waals surface area contributed by atoms with E-state index < -0.39 is 0 Å². The van der Waals surface area contributed by atoms with Crippen LogP contribution in [-0.2, 0) is 4.74 Å². The average molecular weight is 390 g/mol. The molecular formula is C24H26N2O3. The third kappa shape index (κ3) is 4.74. The molecule has 0 amide bonds. The van der Waals surface area contributed by atoms with E-state index in [0.717, 1.165) is 28.4 Å². The lowest BCUT2D eigenvalue weighted by Gasteiger charge is -2.11. The van der Waals surface area contributed by atoms with Crippen LogP contribution in [0, 0.1) is 13.8 Å². The van der Waals surface area contributed by atoms with Crippen LogP contribution in [0.5, 0.6) is 5.75 Å². The lowest BCUT2D eigenvalue weighted by Crippen LogP contribution is -2.03. The number of aryl methyl sites for hydroxylation is 1. The molecule has 0 fully saturated rings. The molecule has 0 spiro atoms. The van der Waals surface area contributed by atoms with Crippen LogP contribution >= 0.6 is 0 Å². The molecule has 0 aliphatic heterocycles. The van der Waals surface area contributed by atoms with Crippen molar-refractivity contribution >= 4 is 17.9 Å². The fourth-order valence-corrected chi connectivity index (χ4v) is 3.25. The molecular weight excluding hydrogens is 364 g/mol. The van der Waals surface area contributed by atoms with Crippen LogP contribution in [0.15, 0.2) is 59.6 Å². The topological polar surface area (TPSA) is 52.8 Å². The van der Waals surface area contributed by atoms with Crippen molar-refractivity contribution in [3.8, 4) is 11.4 Å². The van der Waals surface area contributed by atoms with Crippen LogP contribution in [0.3, 0.4) is 0 Å². The molecule has 1 aromatic heterocycles. The van der Waals surface area contributed by atoms with Crippen molar-refractivity contribution in [1.29, 1.82) is 0 Å². The Morgan fingerprint density at radius 3 is 2.48 bits per heavy atom. The first-order chi connectivity index (χ1) is 14.0. The van der Waals surface area contributed by atoms with Crippen molar-refractivity contribution < 1.29 is 14.3 Å². The number of rotatable bonds is 7. The average Bonchev–Trinajstić information content (AvgIpc) is 3.01. The summed E-state index contributed by atoms with van der Waals surface area (Å²) in [6.45, 7) is 8.91. The predicted molar refractivity (Wildman–Crippen MR) is 116 cm³/mol. The Kier molecular flexibility index (Phi) is 6.50. The molecule has 150 valence electrons. The van der Waals surface area contributed by atoms with Crippen molar-refractivity contribution in [2.24, 2.45) is 4.99 Å². The molecule has 5 nitrogen and oxygen atoms in total. The van der Waals surface area contributed by atoms with Gasteiger partial charge in [0, 0.05) is 28.9 Å². The van der Waals surface area contributed by atoms with Crippen molar-refractivity contribution in [3.05, 3.63) is 77.1 Å². The predicted octanol–water partition coefficient (Wildman–Crippen LogP) is 5.42. The molecule has 5 heteroatoms. The van der Waals surface area contributed by atoms with E-state index in [1.807, 2.05) is 37.4 Å². The first kappa shape index (κ1) is 20.4. The van der Waals surface area contributed by atoms with Crippen LogP contribution < -0.4 is 4.74 Å². The molecule has 3 rings (SSSR count). The Morgan fingerprint density at radius 2 is 1.79 bits per heavy atom. The van der Waals surface area contributed by atoms with Gasteiger partial charge in [-0.2, -0.15) is 0 Å². The SMILES string of the molecule is CCOC(=O)c1cccc(N=Cc2cc(C)n(-c3ccc(OCC)cc3)c2C)c1. The zero-order valence-corrected chi connectivity index (χ0v) is 17.3. The van der Waals surface area contributed by atoms with Crippen LogP contribution in [0.4, 0.5) is 5.69 Å².